The van der Waals surface area contributed by atoms with E-state index in [2.05, 4.69) is 20.5 Å². The smallest absolute Gasteiger partial charge is 0.315 e. The van der Waals surface area contributed by atoms with Gasteiger partial charge in [-0.05, 0) is 36.5 Å². The van der Waals surface area contributed by atoms with Gasteiger partial charge in [-0.2, -0.15) is 0 Å². The number of nitrogens with one attached hydrogen (secondary N) is 2. The molecule has 3 rings (SSSR count). The quantitative estimate of drug-likeness (QED) is 0.853. The van der Waals surface area contributed by atoms with Crippen LogP contribution in [-0.4, -0.2) is 30.6 Å². The first kappa shape index (κ1) is 17.0. The molecule has 1 fully saturated rings. The number of hydrogen-bond acceptors (Lipinski definition) is 4. The number of anilines is 1. The van der Waals surface area contributed by atoms with Crippen molar-refractivity contribution >= 4 is 34.1 Å². The molecule has 1 atom stereocenters. The Morgan fingerprint density at radius 3 is 2.92 bits per heavy atom. The molecule has 24 heavy (non-hydrogen) atoms. The average Bonchev–Trinajstić information content (AvgIpc) is 3.14. The van der Waals surface area contributed by atoms with Crippen LogP contribution >= 0.6 is 22.9 Å². The Kier molecular flexibility index (Phi) is 5.93. The zero-order chi connectivity index (χ0) is 16.8. The second kappa shape index (κ2) is 8.35. The van der Waals surface area contributed by atoms with Crippen molar-refractivity contribution in [2.45, 2.75) is 19.4 Å². The highest BCUT2D eigenvalue weighted by molar-refractivity contribution is 7.13. The summed E-state index contributed by atoms with van der Waals surface area (Å²) in [6.07, 6.45) is 4.11. The van der Waals surface area contributed by atoms with Gasteiger partial charge in [0.25, 0.3) is 0 Å². The molecule has 1 aliphatic heterocycles. The molecule has 0 bridgehead atoms. The first-order valence-corrected chi connectivity index (χ1v) is 9.37. The van der Waals surface area contributed by atoms with Gasteiger partial charge in [-0.15, -0.1) is 11.3 Å². The van der Waals surface area contributed by atoms with Gasteiger partial charge >= 0.3 is 6.03 Å². The molecule has 0 saturated carbocycles. The van der Waals surface area contributed by atoms with Crippen LogP contribution in [0.15, 0.2) is 35.8 Å². The Hall–Kier alpha value is -1.79. The Balaban J connectivity index is 1.40. The number of halogens is 1. The summed E-state index contributed by atoms with van der Waals surface area (Å²) in [7, 11) is 0. The minimum absolute atomic E-state index is 0.128. The highest BCUT2D eigenvalue weighted by Crippen LogP contribution is 2.24. The molecule has 2 heterocycles. The summed E-state index contributed by atoms with van der Waals surface area (Å²) in [6.45, 7) is 3.19. The van der Waals surface area contributed by atoms with Gasteiger partial charge in [0, 0.05) is 42.8 Å². The fraction of sp³-hybridized carbons (Fsp3) is 0.412. The Bertz CT molecular complexity index is 647. The molecule has 1 aromatic heterocycles. The van der Waals surface area contributed by atoms with Crippen LogP contribution in [0, 0.1) is 5.92 Å². The van der Waals surface area contributed by atoms with Crippen molar-refractivity contribution in [3.05, 3.63) is 46.4 Å². The number of rotatable bonds is 5. The molecule has 0 spiro atoms. The van der Waals surface area contributed by atoms with Crippen LogP contribution in [-0.2, 0) is 6.54 Å². The molecule has 0 aliphatic carbocycles. The molecule has 1 unspecified atom stereocenters. The molecule has 0 radical (unpaired) electrons. The summed E-state index contributed by atoms with van der Waals surface area (Å²) in [4.78, 5) is 18.6. The van der Waals surface area contributed by atoms with Crippen LogP contribution < -0.4 is 15.5 Å². The third-order valence-electron chi connectivity index (χ3n) is 4.13. The van der Waals surface area contributed by atoms with Crippen molar-refractivity contribution in [1.82, 2.24) is 15.6 Å². The number of thiazole rings is 1. The van der Waals surface area contributed by atoms with E-state index in [1.54, 1.807) is 11.3 Å². The first-order valence-electron chi connectivity index (χ1n) is 8.11. The maximum Gasteiger partial charge on any atom is 0.315 e. The maximum atomic E-state index is 12.0. The predicted molar refractivity (Wildman–Crippen MR) is 98.7 cm³/mol. The van der Waals surface area contributed by atoms with E-state index < -0.39 is 0 Å². The third-order valence-corrected chi connectivity index (χ3v) is 5.21. The lowest BCUT2D eigenvalue weighted by Gasteiger charge is -2.32. The fourth-order valence-corrected chi connectivity index (χ4v) is 3.67. The summed E-state index contributed by atoms with van der Waals surface area (Å²) < 4.78 is 0. The van der Waals surface area contributed by atoms with Crippen LogP contribution in [0.1, 0.15) is 18.4 Å². The molecule has 2 aromatic rings. The van der Waals surface area contributed by atoms with Crippen molar-refractivity contribution in [3.63, 3.8) is 0 Å². The van der Waals surface area contributed by atoms with Crippen molar-refractivity contribution < 1.29 is 4.79 Å². The number of amides is 2. The van der Waals surface area contributed by atoms with Gasteiger partial charge in [-0.1, -0.05) is 23.7 Å². The molecule has 1 saturated heterocycles. The molecule has 1 aliphatic rings. The van der Waals surface area contributed by atoms with Crippen LogP contribution in [0.4, 0.5) is 9.93 Å². The van der Waals surface area contributed by atoms with Gasteiger partial charge in [0.05, 0.1) is 0 Å². The van der Waals surface area contributed by atoms with Gasteiger partial charge in [0.15, 0.2) is 5.13 Å². The number of hydrogen-bond donors (Lipinski definition) is 2. The summed E-state index contributed by atoms with van der Waals surface area (Å²) in [5, 5.41) is 9.64. The number of nitrogens with zero attached hydrogens (tertiary/aromatic N) is 2. The van der Waals surface area contributed by atoms with Crippen LogP contribution in [0.25, 0.3) is 0 Å². The predicted octanol–water partition coefficient (Wildman–Crippen LogP) is 3.51. The molecular weight excluding hydrogens is 344 g/mol. The Labute approximate surface area is 151 Å². The van der Waals surface area contributed by atoms with E-state index in [1.165, 1.54) is 0 Å². The summed E-state index contributed by atoms with van der Waals surface area (Å²) >= 11 is 7.52. The normalized spacial score (nSPS) is 17.5. The van der Waals surface area contributed by atoms with Crippen LogP contribution in [0.2, 0.25) is 5.02 Å². The number of carbonyl (C=O) groups excluding carboxylic acids is 1. The monoisotopic (exact) mass is 364 g/mol. The maximum absolute atomic E-state index is 12.0. The highest BCUT2D eigenvalue weighted by atomic mass is 35.5. The average molecular weight is 365 g/mol. The number of benzene rings is 1. The number of piperidine rings is 1. The molecule has 2 amide bonds. The molecule has 1 aromatic carbocycles. The molecule has 5 nitrogen and oxygen atoms in total. The standard InChI is InChI=1S/C17H21ClN4OS/c18-15-5-3-13(4-6-15)10-20-16(23)21-11-14-2-1-8-22(12-14)17-19-7-9-24-17/h3-7,9,14H,1-2,8,10-12H2,(H2,20,21,23). The summed E-state index contributed by atoms with van der Waals surface area (Å²) in [5.41, 5.74) is 1.03. The van der Waals surface area contributed by atoms with Crippen LogP contribution in [0.3, 0.4) is 0 Å². The lowest BCUT2D eigenvalue weighted by molar-refractivity contribution is 0.237. The van der Waals surface area contributed by atoms with Gasteiger partial charge in [-0.3, -0.25) is 0 Å². The number of carbonyl (C=O) groups is 1. The van der Waals surface area contributed by atoms with Gasteiger partial charge in [0.1, 0.15) is 0 Å². The Morgan fingerprint density at radius 1 is 1.33 bits per heavy atom. The van der Waals surface area contributed by atoms with Gasteiger partial charge < -0.3 is 15.5 Å². The van der Waals surface area contributed by atoms with Crippen molar-refractivity contribution in [3.8, 4) is 0 Å². The minimum atomic E-state index is -0.128. The number of urea groups is 1. The molecule has 128 valence electrons. The van der Waals surface area contributed by atoms with E-state index in [9.17, 15) is 4.79 Å². The van der Waals surface area contributed by atoms with Crippen molar-refractivity contribution in [1.29, 1.82) is 0 Å². The van der Waals surface area contributed by atoms with Crippen molar-refractivity contribution in [2.24, 2.45) is 5.92 Å². The zero-order valence-corrected chi connectivity index (χ0v) is 14.9. The second-order valence-electron chi connectivity index (χ2n) is 5.96. The van der Waals surface area contributed by atoms with E-state index >= 15 is 0 Å². The molecule has 2 N–H and O–H groups in total. The zero-order valence-electron chi connectivity index (χ0n) is 13.4. The van der Waals surface area contributed by atoms with Crippen LogP contribution in [0.5, 0.6) is 0 Å². The fourth-order valence-electron chi connectivity index (χ4n) is 2.86. The summed E-state index contributed by atoms with van der Waals surface area (Å²) in [5.74, 6) is 0.462. The molecule has 7 heteroatoms. The first-order chi connectivity index (χ1) is 11.7. The second-order valence-corrected chi connectivity index (χ2v) is 7.27. The van der Waals surface area contributed by atoms with Gasteiger partial charge in [-0.25, -0.2) is 9.78 Å². The van der Waals surface area contributed by atoms with E-state index in [0.717, 1.165) is 36.6 Å². The minimum Gasteiger partial charge on any atom is -0.348 e. The van der Waals surface area contributed by atoms with Gasteiger partial charge in [0.2, 0.25) is 0 Å². The van der Waals surface area contributed by atoms with E-state index in [1.807, 2.05) is 35.8 Å². The summed E-state index contributed by atoms with van der Waals surface area (Å²) in [6, 6.07) is 7.35. The van der Waals surface area contributed by atoms with Crippen molar-refractivity contribution in [2.75, 3.05) is 24.5 Å². The van der Waals surface area contributed by atoms with E-state index in [4.69, 9.17) is 11.6 Å². The third kappa shape index (κ3) is 4.85. The Morgan fingerprint density at radius 2 is 2.17 bits per heavy atom. The number of aromatic nitrogens is 1. The topological polar surface area (TPSA) is 57.3 Å². The van der Waals surface area contributed by atoms with E-state index in [-0.39, 0.29) is 6.03 Å². The SMILES string of the molecule is O=C(NCc1ccc(Cl)cc1)NCC1CCCN(c2nccs2)C1. The highest BCUT2D eigenvalue weighted by Gasteiger charge is 2.21. The lowest BCUT2D eigenvalue weighted by Crippen LogP contribution is -2.43. The molecular formula is C17H21ClN4OS. The van der Waals surface area contributed by atoms with E-state index in [0.29, 0.717) is 24.0 Å². The largest absolute Gasteiger partial charge is 0.348 e. The lowest BCUT2D eigenvalue weighted by atomic mass is 9.98.